The average Bonchev–Trinajstić information content (AvgIpc) is 2.39. The highest BCUT2D eigenvalue weighted by Crippen LogP contribution is 2.55. The molecule has 0 radical (unpaired) electrons. The first-order valence-corrected chi connectivity index (χ1v) is 8.60. The summed E-state index contributed by atoms with van der Waals surface area (Å²) in [6.07, 6.45) is 7.47. The van der Waals surface area contributed by atoms with Gasteiger partial charge in [0, 0.05) is 11.1 Å². The van der Waals surface area contributed by atoms with Crippen molar-refractivity contribution in [3.63, 3.8) is 0 Å². The van der Waals surface area contributed by atoms with Crippen LogP contribution in [-0.2, 0) is 0 Å². The number of carbonyl (C=O) groups is 1. The van der Waals surface area contributed by atoms with Crippen LogP contribution in [0, 0.1) is 23.6 Å². The molecule has 4 heteroatoms. The Kier molecular flexibility index (Phi) is 3.14. The first-order valence-electron chi connectivity index (χ1n) is 7.81. The zero-order valence-electron chi connectivity index (χ0n) is 11.9. The largest absolute Gasteiger partial charge is 0.347 e. The van der Waals surface area contributed by atoms with Crippen molar-refractivity contribution >= 4 is 21.8 Å². The average molecular weight is 352 g/mol. The molecule has 0 atom stereocenters. The number of amides is 1. The summed E-state index contributed by atoms with van der Waals surface area (Å²) < 4.78 is 13.6. The predicted molar refractivity (Wildman–Crippen MR) is 82.5 cm³/mol. The molecule has 0 saturated heterocycles. The standard InChI is InChI=1S/C17H19BrFNO/c18-14-6-13(1-2-15(14)19)16(21)20-17-7-10-3-11(8-17)5-12(4-10)9-17/h1-2,6,10-12H,3-5,7-9H2,(H,20,21). The van der Waals surface area contributed by atoms with Crippen LogP contribution in [-0.4, -0.2) is 11.4 Å². The zero-order valence-corrected chi connectivity index (χ0v) is 13.5. The highest BCUT2D eigenvalue weighted by Gasteiger charge is 2.51. The van der Waals surface area contributed by atoms with Gasteiger partial charge in [0.25, 0.3) is 5.91 Å². The number of halogens is 2. The molecule has 21 heavy (non-hydrogen) atoms. The molecule has 4 aliphatic carbocycles. The number of carbonyl (C=O) groups excluding carboxylic acids is 1. The molecule has 0 aliphatic heterocycles. The minimum atomic E-state index is -0.332. The van der Waals surface area contributed by atoms with Gasteiger partial charge in [-0.15, -0.1) is 0 Å². The van der Waals surface area contributed by atoms with Gasteiger partial charge in [-0.25, -0.2) is 4.39 Å². The van der Waals surface area contributed by atoms with Crippen molar-refractivity contribution in [2.75, 3.05) is 0 Å². The Morgan fingerprint density at radius 2 is 1.71 bits per heavy atom. The van der Waals surface area contributed by atoms with Gasteiger partial charge in [-0.1, -0.05) is 0 Å². The number of rotatable bonds is 2. The number of benzene rings is 1. The molecule has 1 amide bonds. The lowest BCUT2D eigenvalue weighted by molar-refractivity contribution is -0.0167. The van der Waals surface area contributed by atoms with E-state index in [0.717, 1.165) is 37.0 Å². The molecule has 4 fully saturated rings. The molecule has 112 valence electrons. The topological polar surface area (TPSA) is 29.1 Å². The molecular formula is C17H19BrFNO. The Bertz CT molecular complexity index is 565. The summed E-state index contributed by atoms with van der Waals surface area (Å²) in [6.45, 7) is 0. The lowest BCUT2D eigenvalue weighted by Crippen LogP contribution is -2.59. The minimum Gasteiger partial charge on any atom is -0.347 e. The normalized spacial score (nSPS) is 36.8. The Labute approximate surface area is 132 Å². The van der Waals surface area contributed by atoms with E-state index < -0.39 is 0 Å². The van der Waals surface area contributed by atoms with E-state index in [1.807, 2.05) is 0 Å². The van der Waals surface area contributed by atoms with Crippen LogP contribution in [0.4, 0.5) is 4.39 Å². The first-order chi connectivity index (χ1) is 10.0. The van der Waals surface area contributed by atoms with E-state index in [9.17, 15) is 9.18 Å². The molecule has 2 nitrogen and oxygen atoms in total. The van der Waals surface area contributed by atoms with Gasteiger partial charge < -0.3 is 5.32 Å². The van der Waals surface area contributed by atoms with Crippen LogP contribution in [0.3, 0.4) is 0 Å². The van der Waals surface area contributed by atoms with Crippen molar-refractivity contribution < 1.29 is 9.18 Å². The van der Waals surface area contributed by atoms with Crippen molar-refractivity contribution in [1.82, 2.24) is 5.32 Å². The lowest BCUT2D eigenvalue weighted by Gasteiger charge is -2.56. The summed E-state index contributed by atoms with van der Waals surface area (Å²) in [6, 6.07) is 4.49. The van der Waals surface area contributed by atoms with Crippen LogP contribution in [0.25, 0.3) is 0 Å². The second-order valence-corrected chi connectivity index (χ2v) is 8.14. The van der Waals surface area contributed by atoms with Crippen LogP contribution in [0.2, 0.25) is 0 Å². The molecule has 1 aromatic carbocycles. The van der Waals surface area contributed by atoms with Crippen LogP contribution in [0.5, 0.6) is 0 Å². The number of nitrogens with one attached hydrogen (secondary N) is 1. The van der Waals surface area contributed by atoms with Gasteiger partial charge in [-0.05, 0) is 90.4 Å². The summed E-state index contributed by atoms with van der Waals surface area (Å²) in [4.78, 5) is 12.5. The highest BCUT2D eigenvalue weighted by atomic mass is 79.9. The van der Waals surface area contributed by atoms with Gasteiger partial charge in [0.1, 0.15) is 5.82 Å². The van der Waals surface area contributed by atoms with Crippen LogP contribution in [0.15, 0.2) is 22.7 Å². The van der Waals surface area contributed by atoms with Gasteiger partial charge in [-0.2, -0.15) is 0 Å². The van der Waals surface area contributed by atoms with E-state index in [0.29, 0.717) is 10.0 Å². The van der Waals surface area contributed by atoms with Crippen LogP contribution < -0.4 is 5.32 Å². The highest BCUT2D eigenvalue weighted by molar-refractivity contribution is 9.10. The molecule has 0 spiro atoms. The molecular weight excluding hydrogens is 333 g/mol. The fourth-order valence-corrected chi connectivity index (χ4v) is 5.59. The third kappa shape index (κ3) is 2.41. The van der Waals surface area contributed by atoms with E-state index >= 15 is 0 Å². The summed E-state index contributed by atoms with van der Waals surface area (Å²) in [5, 5.41) is 3.31. The maximum Gasteiger partial charge on any atom is 0.251 e. The van der Waals surface area contributed by atoms with E-state index in [4.69, 9.17) is 0 Å². The van der Waals surface area contributed by atoms with E-state index in [2.05, 4.69) is 21.2 Å². The van der Waals surface area contributed by atoms with Crippen molar-refractivity contribution in [2.24, 2.45) is 17.8 Å². The molecule has 0 aromatic heterocycles. The van der Waals surface area contributed by atoms with Gasteiger partial charge in [0.15, 0.2) is 0 Å². The zero-order chi connectivity index (χ0) is 14.6. The van der Waals surface area contributed by atoms with Crippen LogP contribution >= 0.6 is 15.9 Å². The van der Waals surface area contributed by atoms with Gasteiger partial charge in [0.05, 0.1) is 4.47 Å². The molecule has 0 heterocycles. The van der Waals surface area contributed by atoms with Gasteiger partial charge in [0.2, 0.25) is 0 Å². The molecule has 1 aromatic rings. The fraction of sp³-hybridized carbons (Fsp3) is 0.588. The second kappa shape index (κ2) is 4.80. The van der Waals surface area contributed by atoms with Crippen molar-refractivity contribution in [3.05, 3.63) is 34.1 Å². The molecule has 5 rings (SSSR count). The monoisotopic (exact) mass is 351 g/mol. The molecule has 0 unspecified atom stereocenters. The molecule has 1 N–H and O–H groups in total. The van der Waals surface area contributed by atoms with Gasteiger partial charge in [-0.3, -0.25) is 4.79 Å². The Morgan fingerprint density at radius 1 is 1.14 bits per heavy atom. The van der Waals surface area contributed by atoms with Crippen molar-refractivity contribution in [2.45, 2.75) is 44.1 Å². The number of hydrogen-bond acceptors (Lipinski definition) is 1. The summed E-state index contributed by atoms with van der Waals surface area (Å²) in [5.74, 6) is 2.02. The maximum absolute atomic E-state index is 13.3. The second-order valence-electron chi connectivity index (χ2n) is 7.28. The lowest BCUT2D eigenvalue weighted by atomic mass is 9.53. The van der Waals surface area contributed by atoms with E-state index in [1.165, 1.54) is 25.3 Å². The smallest absolute Gasteiger partial charge is 0.251 e. The third-order valence-corrected chi connectivity index (χ3v) is 6.21. The molecule has 4 aliphatic rings. The van der Waals surface area contributed by atoms with Gasteiger partial charge >= 0.3 is 0 Å². The fourth-order valence-electron chi connectivity index (χ4n) is 5.21. The van der Waals surface area contributed by atoms with Crippen molar-refractivity contribution in [1.29, 1.82) is 0 Å². The third-order valence-electron chi connectivity index (χ3n) is 5.60. The molecule has 4 saturated carbocycles. The summed E-state index contributed by atoms with van der Waals surface area (Å²) in [7, 11) is 0. The van der Waals surface area contributed by atoms with Crippen LogP contribution in [0.1, 0.15) is 48.9 Å². The number of hydrogen-bond donors (Lipinski definition) is 1. The first kappa shape index (κ1) is 13.7. The van der Waals surface area contributed by atoms with Crippen molar-refractivity contribution in [3.8, 4) is 0 Å². The Hall–Kier alpha value is -0.900. The SMILES string of the molecule is O=C(NC12CC3CC(CC(C3)C1)C2)c1ccc(F)c(Br)c1. The summed E-state index contributed by atoms with van der Waals surface area (Å²) in [5.41, 5.74) is 0.547. The Morgan fingerprint density at radius 3 is 2.24 bits per heavy atom. The molecule has 4 bridgehead atoms. The Balaban J connectivity index is 1.55. The van der Waals surface area contributed by atoms with E-state index in [1.54, 1.807) is 12.1 Å². The quantitative estimate of drug-likeness (QED) is 0.846. The minimum absolute atomic E-state index is 0.00664. The summed E-state index contributed by atoms with van der Waals surface area (Å²) >= 11 is 3.15. The maximum atomic E-state index is 13.3. The predicted octanol–water partition coefficient (Wildman–Crippen LogP) is 4.29. The van der Waals surface area contributed by atoms with E-state index in [-0.39, 0.29) is 17.3 Å².